The smallest absolute Gasteiger partial charge is 0.318 e. The molecule has 0 bridgehead atoms. The fourth-order valence-electron chi connectivity index (χ4n) is 3.80. The summed E-state index contributed by atoms with van der Waals surface area (Å²) in [6.07, 6.45) is 2.06. The van der Waals surface area contributed by atoms with Gasteiger partial charge in [0.05, 0.1) is 19.4 Å². The number of hydrogen-bond donors (Lipinski definition) is 1. The van der Waals surface area contributed by atoms with Gasteiger partial charge in [0.25, 0.3) is 0 Å². The molecule has 0 aromatic heterocycles. The Kier molecular flexibility index (Phi) is 6.74. The monoisotopic (exact) mass is 435 g/mol. The average molecular weight is 436 g/mol. The third-order valence-electron chi connectivity index (χ3n) is 5.23. The maximum atomic E-state index is 13.6. The van der Waals surface area contributed by atoms with E-state index in [1.807, 2.05) is 30.3 Å². The van der Waals surface area contributed by atoms with Crippen LogP contribution in [0.4, 0.5) is 9.18 Å². The van der Waals surface area contributed by atoms with Gasteiger partial charge in [-0.1, -0.05) is 36.4 Å². The number of halogens is 1. The number of nitrogens with zero attached hydrogens (tertiary/aromatic N) is 2. The number of hydroxylamine groups is 2. The predicted molar refractivity (Wildman–Crippen MR) is 113 cm³/mol. The lowest BCUT2D eigenvalue weighted by Crippen LogP contribution is -2.50. The maximum absolute atomic E-state index is 13.6. The van der Waals surface area contributed by atoms with Gasteiger partial charge in [-0.2, -0.15) is 0 Å². The molecule has 3 rings (SSSR count). The van der Waals surface area contributed by atoms with Gasteiger partial charge in [-0.15, -0.1) is 0 Å². The maximum Gasteiger partial charge on any atom is 0.343 e. The van der Waals surface area contributed by atoms with Gasteiger partial charge in [0.15, 0.2) is 0 Å². The standard InChI is InChI=1S/C21H26FN3O4S/c1-24(29-2)21(26)25-11-10-19(23-30(3,27)28)20(25)13-15-6-4-7-16(12-15)17-8-5-9-18(22)14-17/h4-9,12,14,19-20,23H,10-11,13H2,1-3H3/t19-,20-/m0/s1. The Hall–Kier alpha value is -2.49. The van der Waals surface area contributed by atoms with E-state index in [1.165, 1.54) is 26.3 Å². The van der Waals surface area contributed by atoms with Crippen molar-refractivity contribution in [3.05, 3.63) is 59.9 Å². The van der Waals surface area contributed by atoms with Crippen LogP contribution < -0.4 is 4.72 Å². The van der Waals surface area contributed by atoms with Crippen molar-refractivity contribution < 1.29 is 22.4 Å². The normalized spacial score (nSPS) is 19.1. The summed E-state index contributed by atoms with van der Waals surface area (Å²) < 4.78 is 39.9. The molecule has 1 N–H and O–H groups in total. The lowest BCUT2D eigenvalue weighted by atomic mass is 9.97. The van der Waals surface area contributed by atoms with E-state index < -0.39 is 16.1 Å². The van der Waals surface area contributed by atoms with Crippen molar-refractivity contribution in [2.45, 2.75) is 24.9 Å². The number of likely N-dealkylation sites (tertiary alicyclic amines) is 1. The van der Waals surface area contributed by atoms with Crippen molar-refractivity contribution in [2.24, 2.45) is 0 Å². The fourth-order valence-corrected chi connectivity index (χ4v) is 4.63. The summed E-state index contributed by atoms with van der Waals surface area (Å²) in [5.41, 5.74) is 2.52. The molecule has 2 amide bonds. The molecule has 0 radical (unpaired) electrons. The zero-order valence-electron chi connectivity index (χ0n) is 17.2. The largest absolute Gasteiger partial charge is 0.343 e. The van der Waals surface area contributed by atoms with Gasteiger partial charge in [-0.3, -0.25) is 4.84 Å². The summed E-state index contributed by atoms with van der Waals surface area (Å²) in [4.78, 5) is 19.4. The number of amides is 2. The number of carbonyl (C=O) groups is 1. The van der Waals surface area contributed by atoms with Crippen molar-refractivity contribution >= 4 is 16.1 Å². The zero-order chi connectivity index (χ0) is 21.9. The SMILES string of the molecule is CON(C)C(=O)N1CC[C@H](NS(C)(=O)=O)[C@@H]1Cc1cccc(-c2cccc(F)c2)c1. The van der Waals surface area contributed by atoms with Crippen molar-refractivity contribution in [1.82, 2.24) is 14.7 Å². The topological polar surface area (TPSA) is 79.0 Å². The molecule has 162 valence electrons. The van der Waals surface area contributed by atoms with E-state index in [0.29, 0.717) is 19.4 Å². The van der Waals surface area contributed by atoms with Crippen LogP contribution in [0, 0.1) is 5.82 Å². The highest BCUT2D eigenvalue weighted by molar-refractivity contribution is 7.88. The van der Waals surface area contributed by atoms with Crippen molar-refractivity contribution in [2.75, 3.05) is 27.0 Å². The Balaban J connectivity index is 1.89. The van der Waals surface area contributed by atoms with Crippen LogP contribution in [-0.2, 0) is 21.3 Å². The van der Waals surface area contributed by atoms with E-state index in [9.17, 15) is 17.6 Å². The van der Waals surface area contributed by atoms with Crippen LogP contribution >= 0.6 is 0 Å². The van der Waals surface area contributed by atoms with E-state index in [2.05, 4.69) is 4.72 Å². The number of nitrogens with one attached hydrogen (secondary N) is 1. The van der Waals surface area contributed by atoms with Crippen LogP contribution in [0.2, 0.25) is 0 Å². The molecule has 7 nitrogen and oxygen atoms in total. The van der Waals surface area contributed by atoms with Gasteiger partial charge < -0.3 is 4.90 Å². The van der Waals surface area contributed by atoms with Gasteiger partial charge >= 0.3 is 6.03 Å². The first-order valence-electron chi connectivity index (χ1n) is 9.58. The van der Waals surface area contributed by atoms with Crippen LogP contribution in [0.3, 0.4) is 0 Å². The molecule has 1 fully saturated rings. The molecule has 1 aliphatic rings. The number of rotatable bonds is 6. The van der Waals surface area contributed by atoms with Crippen LogP contribution in [0.25, 0.3) is 11.1 Å². The molecule has 30 heavy (non-hydrogen) atoms. The third kappa shape index (κ3) is 5.35. The molecule has 1 saturated heterocycles. The Morgan fingerprint density at radius 2 is 1.90 bits per heavy atom. The molecule has 1 aliphatic heterocycles. The minimum atomic E-state index is -3.44. The quantitative estimate of drug-likeness (QED) is 0.708. The second kappa shape index (κ2) is 9.11. The van der Waals surface area contributed by atoms with Crippen LogP contribution in [0.1, 0.15) is 12.0 Å². The highest BCUT2D eigenvalue weighted by atomic mass is 32.2. The first-order chi connectivity index (χ1) is 14.2. The van der Waals surface area contributed by atoms with E-state index in [0.717, 1.165) is 28.0 Å². The first-order valence-corrected chi connectivity index (χ1v) is 11.5. The van der Waals surface area contributed by atoms with Crippen molar-refractivity contribution in [3.63, 3.8) is 0 Å². The molecular weight excluding hydrogens is 409 g/mol. The number of benzene rings is 2. The summed E-state index contributed by atoms with van der Waals surface area (Å²) in [7, 11) is -0.522. The van der Waals surface area contributed by atoms with Gasteiger partial charge in [-0.05, 0) is 41.7 Å². The third-order valence-corrected chi connectivity index (χ3v) is 5.96. The average Bonchev–Trinajstić information content (AvgIpc) is 3.07. The highest BCUT2D eigenvalue weighted by Gasteiger charge is 2.39. The zero-order valence-corrected chi connectivity index (χ0v) is 18.0. The molecule has 1 heterocycles. The highest BCUT2D eigenvalue weighted by Crippen LogP contribution is 2.27. The summed E-state index contributed by atoms with van der Waals surface area (Å²) in [6.45, 7) is 0.411. The van der Waals surface area contributed by atoms with Crippen LogP contribution in [0.15, 0.2) is 48.5 Å². The van der Waals surface area contributed by atoms with Gasteiger partial charge in [-0.25, -0.2) is 27.4 Å². The molecule has 0 spiro atoms. The van der Waals surface area contributed by atoms with Crippen LogP contribution in [-0.4, -0.2) is 63.5 Å². The minimum Gasteiger partial charge on any atom is -0.318 e. The van der Waals surface area contributed by atoms with E-state index in [4.69, 9.17) is 4.84 Å². The summed E-state index contributed by atoms with van der Waals surface area (Å²) >= 11 is 0. The van der Waals surface area contributed by atoms with Crippen molar-refractivity contribution in [3.8, 4) is 11.1 Å². The second-order valence-electron chi connectivity index (χ2n) is 7.42. The molecule has 0 saturated carbocycles. The lowest BCUT2D eigenvalue weighted by molar-refractivity contribution is -0.0770. The van der Waals surface area contributed by atoms with E-state index in [1.54, 1.807) is 11.0 Å². The Bertz CT molecular complexity index is 1010. The predicted octanol–water partition coefficient (Wildman–Crippen LogP) is 2.64. The number of hydrogen-bond acceptors (Lipinski definition) is 4. The second-order valence-corrected chi connectivity index (χ2v) is 9.20. The lowest BCUT2D eigenvalue weighted by Gasteiger charge is -2.31. The van der Waals surface area contributed by atoms with Crippen molar-refractivity contribution in [1.29, 1.82) is 0 Å². The molecular formula is C21H26FN3O4S. The molecule has 0 aliphatic carbocycles. The molecule has 9 heteroatoms. The Morgan fingerprint density at radius 1 is 1.23 bits per heavy atom. The van der Waals surface area contributed by atoms with Gasteiger partial charge in [0, 0.05) is 19.6 Å². The fraction of sp³-hybridized carbons (Fsp3) is 0.381. The van der Waals surface area contributed by atoms with Gasteiger partial charge in [0.1, 0.15) is 5.82 Å². The summed E-state index contributed by atoms with van der Waals surface area (Å²) in [5.74, 6) is -0.314. The van der Waals surface area contributed by atoms with Crippen LogP contribution in [0.5, 0.6) is 0 Å². The Morgan fingerprint density at radius 3 is 2.53 bits per heavy atom. The molecule has 0 unspecified atom stereocenters. The number of urea groups is 1. The summed E-state index contributed by atoms with van der Waals surface area (Å²) in [5, 5.41) is 1.12. The number of carbonyl (C=O) groups excluding carboxylic acids is 1. The van der Waals surface area contributed by atoms with Gasteiger partial charge in [0.2, 0.25) is 10.0 Å². The Labute approximate surface area is 176 Å². The number of sulfonamides is 1. The molecule has 2 atom stereocenters. The minimum absolute atomic E-state index is 0.314. The van der Waals surface area contributed by atoms with E-state index in [-0.39, 0.29) is 17.9 Å². The first kappa shape index (κ1) is 22.2. The van der Waals surface area contributed by atoms with E-state index >= 15 is 0 Å². The summed E-state index contributed by atoms with van der Waals surface area (Å²) in [6, 6.07) is 12.8. The molecule has 2 aromatic carbocycles. The molecule has 2 aromatic rings.